The number of cyclic esters (lactones) is 1. The Morgan fingerprint density at radius 2 is 2.00 bits per heavy atom. The van der Waals surface area contributed by atoms with Gasteiger partial charge in [0, 0.05) is 42.9 Å². The number of nitrogens with zero attached hydrogens (tertiary/aromatic N) is 2. The molecule has 1 fully saturated rings. The van der Waals surface area contributed by atoms with Crippen LogP contribution in [0.25, 0.3) is 22.2 Å². The van der Waals surface area contributed by atoms with Gasteiger partial charge in [0.15, 0.2) is 0 Å². The molecular weight excluding hydrogens is 420 g/mol. The molecule has 3 heterocycles. The first-order valence-electron chi connectivity index (χ1n) is 11.7. The van der Waals surface area contributed by atoms with E-state index in [0.29, 0.717) is 25.5 Å². The quantitative estimate of drug-likeness (QED) is 0.561. The van der Waals surface area contributed by atoms with Gasteiger partial charge >= 0.3 is 6.09 Å². The molecule has 1 aromatic heterocycles. The highest BCUT2D eigenvalue weighted by Gasteiger charge is 2.21. The fourth-order valence-corrected chi connectivity index (χ4v) is 4.69. The summed E-state index contributed by atoms with van der Waals surface area (Å²) in [7, 11) is 0. The van der Waals surface area contributed by atoms with E-state index >= 15 is 0 Å². The maximum absolute atomic E-state index is 12.1. The largest absolute Gasteiger partial charge is 0.494 e. The van der Waals surface area contributed by atoms with Crippen LogP contribution >= 0.6 is 0 Å². The first-order chi connectivity index (χ1) is 16.2. The van der Waals surface area contributed by atoms with E-state index in [0.717, 1.165) is 71.5 Å². The van der Waals surface area contributed by atoms with Gasteiger partial charge in [0.05, 0.1) is 12.1 Å². The van der Waals surface area contributed by atoms with E-state index in [1.165, 1.54) is 0 Å². The molecule has 8 nitrogen and oxygen atoms in total. The van der Waals surface area contributed by atoms with Gasteiger partial charge in [-0.15, -0.1) is 0 Å². The second-order valence-corrected chi connectivity index (χ2v) is 8.82. The van der Waals surface area contributed by atoms with Gasteiger partial charge in [-0.05, 0) is 73.6 Å². The zero-order chi connectivity index (χ0) is 22.6. The number of alkyl carbamates (subject to hydrolysis) is 1. The van der Waals surface area contributed by atoms with E-state index in [4.69, 9.17) is 9.47 Å². The highest BCUT2D eigenvalue weighted by Crippen LogP contribution is 2.34. The Morgan fingerprint density at radius 3 is 2.85 bits per heavy atom. The van der Waals surface area contributed by atoms with Crippen LogP contribution in [0.2, 0.25) is 0 Å². The van der Waals surface area contributed by atoms with E-state index in [-0.39, 0.29) is 13.2 Å². The zero-order valence-corrected chi connectivity index (χ0v) is 18.7. The molecule has 2 aliphatic rings. The number of anilines is 1. The third-order valence-electron chi connectivity index (χ3n) is 6.53. The number of carbonyl (C=O) groups is 1. The molecule has 1 saturated heterocycles. The third kappa shape index (κ3) is 4.90. The number of fused-ring (bicyclic) bond motifs is 4. The van der Waals surface area contributed by atoms with Gasteiger partial charge in [0.2, 0.25) is 0 Å². The molecular formula is C25H30N4O4. The fraction of sp³-hybridized carbons (Fsp3) is 0.440. The van der Waals surface area contributed by atoms with E-state index in [9.17, 15) is 9.90 Å². The molecule has 2 aromatic carbocycles. The van der Waals surface area contributed by atoms with Crippen molar-refractivity contribution in [3.05, 3.63) is 42.0 Å². The highest BCUT2D eigenvalue weighted by molar-refractivity contribution is 5.94. The topological polar surface area (TPSA) is 99.7 Å². The number of nitrogens with one attached hydrogen (secondary N) is 2. The lowest BCUT2D eigenvalue weighted by Gasteiger charge is -2.34. The number of hydrogen-bond donors (Lipinski definition) is 3. The standard InChI is InChI=1S/C25H30N4O4/c30-10-6-17-4-8-29(9-5-17)20-13-18-12-19(14-20)24-22-15-21(2-3-23(22)27-28-24)32-11-1-7-26-25(31)33-16-18/h2-3,12-15,17,30H,1,4-11,16H2,(H,26,31)(H,27,28). The molecule has 0 atom stereocenters. The lowest BCUT2D eigenvalue weighted by atomic mass is 9.93. The zero-order valence-electron chi connectivity index (χ0n) is 18.7. The van der Waals surface area contributed by atoms with Gasteiger partial charge in [-0.1, -0.05) is 0 Å². The number of H-pyrrole nitrogens is 1. The summed E-state index contributed by atoms with van der Waals surface area (Å²) >= 11 is 0. The Kier molecular flexibility index (Phi) is 6.35. The lowest BCUT2D eigenvalue weighted by molar-refractivity contribution is 0.139. The molecule has 2 aliphatic heterocycles. The number of amides is 1. The van der Waals surface area contributed by atoms with Crippen LogP contribution in [0.4, 0.5) is 10.5 Å². The summed E-state index contributed by atoms with van der Waals surface area (Å²) in [6.45, 7) is 3.32. The number of carbonyl (C=O) groups excluding carboxylic acids is 1. The summed E-state index contributed by atoms with van der Waals surface area (Å²) in [5.74, 6) is 1.36. The van der Waals surface area contributed by atoms with Crippen molar-refractivity contribution in [2.75, 3.05) is 37.7 Å². The summed E-state index contributed by atoms with van der Waals surface area (Å²) < 4.78 is 11.4. The van der Waals surface area contributed by atoms with Crippen LogP contribution in [0.1, 0.15) is 31.2 Å². The van der Waals surface area contributed by atoms with E-state index in [2.05, 4.69) is 32.5 Å². The number of aliphatic hydroxyl groups excluding tert-OH is 1. The minimum Gasteiger partial charge on any atom is -0.494 e. The summed E-state index contributed by atoms with van der Waals surface area (Å²) in [5, 5.41) is 20.8. The van der Waals surface area contributed by atoms with Crippen molar-refractivity contribution in [3.63, 3.8) is 0 Å². The molecule has 3 N–H and O–H groups in total. The van der Waals surface area contributed by atoms with Crippen LogP contribution in [-0.4, -0.2) is 54.2 Å². The van der Waals surface area contributed by atoms with Gasteiger partial charge in [-0.2, -0.15) is 5.10 Å². The number of rotatable bonds is 3. The van der Waals surface area contributed by atoms with Crippen molar-refractivity contribution in [1.29, 1.82) is 0 Å². The van der Waals surface area contributed by atoms with E-state index in [1.54, 1.807) is 0 Å². The second-order valence-electron chi connectivity index (χ2n) is 8.82. The maximum atomic E-state index is 12.1. The molecule has 5 rings (SSSR count). The van der Waals surface area contributed by atoms with Crippen LogP contribution in [0.15, 0.2) is 36.4 Å². The average Bonchev–Trinajstić information content (AvgIpc) is 3.26. The molecule has 8 heteroatoms. The van der Waals surface area contributed by atoms with E-state index in [1.807, 2.05) is 24.3 Å². The van der Waals surface area contributed by atoms with Gasteiger partial charge in [0.1, 0.15) is 18.1 Å². The SMILES string of the molecule is O=C1NCCCOc2ccc3[nH]nc(c3c2)-c2cc(cc(N3CCC(CCO)CC3)c2)CO1. The molecule has 4 bridgehead atoms. The summed E-state index contributed by atoms with van der Waals surface area (Å²) in [5.41, 5.74) is 4.80. The minimum absolute atomic E-state index is 0.192. The number of aliphatic hydroxyl groups is 1. The Balaban J connectivity index is 1.52. The normalized spacial score (nSPS) is 17.7. The summed E-state index contributed by atoms with van der Waals surface area (Å²) in [4.78, 5) is 14.5. The number of hydrogen-bond acceptors (Lipinski definition) is 6. The van der Waals surface area contributed by atoms with Crippen molar-refractivity contribution in [2.24, 2.45) is 5.92 Å². The van der Waals surface area contributed by atoms with Crippen molar-refractivity contribution in [1.82, 2.24) is 15.5 Å². The van der Waals surface area contributed by atoms with Crippen LogP contribution in [0.5, 0.6) is 5.75 Å². The fourth-order valence-electron chi connectivity index (χ4n) is 4.69. The molecule has 0 unspecified atom stereocenters. The smallest absolute Gasteiger partial charge is 0.407 e. The predicted molar refractivity (Wildman–Crippen MR) is 126 cm³/mol. The molecule has 3 aromatic rings. The molecule has 0 aliphatic carbocycles. The average molecular weight is 451 g/mol. The van der Waals surface area contributed by atoms with Gasteiger partial charge in [0.25, 0.3) is 0 Å². The minimum atomic E-state index is -0.427. The number of aromatic amines is 1. The van der Waals surface area contributed by atoms with E-state index < -0.39 is 6.09 Å². The van der Waals surface area contributed by atoms with Crippen molar-refractivity contribution >= 4 is 22.7 Å². The van der Waals surface area contributed by atoms with Crippen molar-refractivity contribution < 1.29 is 19.4 Å². The van der Waals surface area contributed by atoms with Crippen molar-refractivity contribution in [2.45, 2.75) is 32.3 Å². The Hall–Kier alpha value is -3.26. The predicted octanol–water partition coefficient (Wildman–Crippen LogP) is 3.84. The van der Waals surface area contributed by atoms with Crippen LogP contribution in [-0.2, 0) is 11.3 Å². The van der Waals surface area contributed by atoms with Crippen LogP contribution in [0.3, 0.4) is 0 Å². The Bertz CT molecular complexity index is 1120. The van der Waals surface area contributed by atoms with Gasteiger partial charge < -0.3 is 24.8 Å². The lowest BCUT2D eigenvalue weighted by Crippen LogP contribution is -2.34. The Morgan fingerprint density at radius 1 is 1.12 bits per heavy atom. The number of piperidine rings is 1. The van der Waals surface area contributed by atoms with Gasteiger partial charge in [-0.3, -0.25) is 5.10 Å². The van der Waals surface area contributed by atoms with Crippen LogP contribution < -0.4 is 15.0 Å². The summed E-state index contributed by atoms with van der Waals surface area (Å²) in [6.07, 6.45) is 3.25. The second kappa shape index (κ2) is 9.70. The first kappa shape index (κ1) is 21.6. The van der Waals surface area contributed by atoms with Crippen molar-refractivity contribution in [3.8, 4) is 17.0 Å². The molecule has 0 saturated carbocycles. The van der Waals surface area contributed by atoms with Crippen LogP contribution in [0, 0.1) is 5.92 Å². The summed E-state index contributed by atoms with van der Waals surface area (Å²) in [6, 6.07) is 12.2. The number of aromatic nitrogens is 2. The third-order valence-corrected chi connectivity index (χ3v) is 6.53. The molecule has 0 radical (unpaired) electrons. The number of benzene rings is 2. The van der Waals surface area contributed by atoms with Gasteiger partial charge in [-0.25, -0.2) is 4.79 Å². The first-order valence-corrected chi connectivity index (χ1v) is 11.7. The monoisotopic (exact) mass is 450 g/mol. The molecule has 1 amide bonds. The highest BCUT2D eigenvalue weighted by atomic mass is 16.5. The Labute approximate surface area is 192 Å². The maximum Gasteiger partial charge on any atom is 0.407 e. The molecule has 33 heavy (non-hydrogen) atoms. The molecule has 0 spiro atoms. The number of ether oxygens (including phenoxy) is 2. The molecule has 174 valence electrons.